The number of fused-ring (bicyclic) bond motifs is 1. The number of imidazole rings is 1. The van der Waals surface area contributed by atoms with Gasteiger partial charge in [-0.15, -0.1) is 0 Å². The molecule has 1 aliphatic heterocycles. The summed E-state index contributed by atoms with van der Waals surface area (Å²) in [6.45, 7) is 3.68. The standard InChI is InChI=1S/C25H24BrF3N6O2/c26-19-14-31-24-21(32-23(33-24)17-2-4-18(5-3-17)37-12-11-36)22(19)35-9-7-34(8-10-35)15-16-1-6-20(30-13-16)25(27,28)29/h1-6,13-14,36H,7-12,15H2,(H,31,32,33). The van der Waals surface area contributed by atoms with Crippen LogP contribution < -0.4 is 9.64 Å². The van der Waals surface area contributed by atoms with E-state index in [1.54, 1.807) is 6.20 Å². The Bertz CT molecular complexity index is 1350. The number of halogens is 4. The molecule has 0 aliphatic carbocycles. The van der Waals surface area contributed by atoms with Gasteiger partial charge in [0, 0.05) is 50.7 Å². The van der Waals surface area contributed by atoms with E-state index in [4.69, 9.17) is 9.84 Å². The number of pyridine rings is 2. The van der Waals surface area contributed by atoms with Gasteiger partial charge in [0.15, 0.2) is 5.65 Å². The van der Waals surface area contributed by atoms with Crippen molar-refractivity contribution >= 4 is 32.8 Å². The highest BCUT2D eigenvalue weighted by atomic mass is 79.9. The molecule has 0 spiro atoms. The maximum absolute atomic E-state index is 12.8. The summed E-state index contributed by atoms with van der Waals surface area (Å²) in [5, 5.41) is 8.92. The predicted octanol–water partition coefficient (Wildman–Crippen LogP) is 4.49. The Morgan fingerprint density at radius 3 is 2.41 bits per heavy atom. The fraction of sp³-hybridized carbons (Fsp3) is 0.320. The van der Waals surface area contributed by atoms with Crippen LogP contribution in [-0.4, -0.2) is 69.3 Å². The van der Waals surface area contributed by atoms with Gasteiger partial charge >= 0.3 is 6.18 Å². The first kappa shape index (κ1) is 25.4. The molecule has 3 aromatic heterocycles. The fourth-order valence-electron chi connectivity index (χ4n) is 4.31. The Kier molecular flexibility index (Phi) is 7.31. The highest BCUT2D eigenvalue weighted by Gasteiger charge is 2.32. The smallest absolute Gasteiger partial charge is 0.433 e. The second kappa shape index (κ2) is 10.6. The lowest BCUT2D eigenvalue weighted by molar-refractivity contribution is -0.141. The van der Waals surface area contributed by atoms with Crippen LogP contribution in [0.5, 0.6) is 5.75 Å². The summed E-state index contributed by atoms with van der Waals surface area (Å²) in [7, 11) is 0. The van der Waals surface area contributed by atoms with Gasteiger partial charge in [-0.05, 0) is 51.8 Å². The van der Waals surface area contributed by atoms with Gasteiger partial charge in [-0.1, -0.05) is 6.07 Å². The number of alkyl halides is 3. The number of aliphatic hydroxyl groups excluding tert-OH is 1. The van der Waals surface area contributed by atoms with Gasteiger partial charge in [0.05, 0.1) is 16.8 Å². The summed E-state index contributed by atoms with van der Waals surface area (Å²) >= 11 is 3.64. The van der Waals surface area contributed by atoms with Gasteiger partial charge in [0.25, 0.3) is 0 Å². The van der Waals surface area contributed by atoms with Crippen LogP contribution >= 0.6 is 15.9 Å². The molecule has 1 saturated heterocycles. The molecule has 1 aliphatic rings. The molecule has 0 radical (unpaired) electrons. The summed E-state index contributed by atoms with van der Waals surface area (Å²) in [6.07, 6.45) is -1.39. The van der Waals surface area contributed by atoms with Crippen molar-refractivity contribution in [2.24, 2.45) is 0 Å². The molecule has 1 aromatic carbocycles. The van der Waals surface area contributed by atoms with E-state index in [2.05, 4.69) is 45.7 Å². The molecule has 37 heavy (non-hydrogen) atoms. The van der Waals surface area contributed by atoms with Gasteiger partial charge in [0.2, 0.25) is 0 Å². The lowest BCUT2D eigenvalue weighted by Gasteiger charge is -2.36. The number of aromatic amines is 1. The third-order valence-electron chi connectivity index (χ3n) is 6.15. The number of benzene rings is 1. The highest BCUT2D eigenvalue weighted by molar-refractivity contribution is 9.10. The summed E-state index contributed by atoms with van der Waals surface area (Å²) in [6, 6.07) is 9.97. The summed E-state index contributed by atoms with van der Waals surface area (Å²) < 4.78 is 44.6. The number of aliphatic hydroxyl groups is 1. The molecule has 0 saturated carbocycles. The SMILES string of the molecule is OCCOc1ccc(-c2nc3ncc(Br)c(N4CCN(Cc5ccc(C(F)(F)F)nc5)CC4)c3[nH]2)cc1. The quantitative estimate of drug-likeness (QED) is 0.335. The van der Waals surface area contributed by atoms with Gasteiger partial charge < -0.3 is 19.7 Å². The number of H-pyrrole nitrogens is 1. The molecule has 0 unspecified atom stereocenters. The van der Waals surface area contributed by atoms with Crippen molar-refractivity contribution < 1.29 is 23.0 Å². The second-order valence-electron chi connectivity index (χ2n) is 8.65. The van der Waals surface area contributed by atoms with E-state index in [1.807, 2.05) is 24.3 Å². The topological polar surface area (TPSA) is 90.4 Å². The third-order valence-corrected chi connectivity index (χ3v) is 6.73. The summed E-state index contributed by atoms with van der Waals surface area (Å²) in [4.78, 5) is 20.6. The van der Waals surface area contributed by atoms with Crippen molar-refractivity contribution in [3.8, 4) is 17.1 Å². The van der Waals surface area contributed by atoms with E-state index in [0.29, 0.717) is 23.8 Å². The Balaban J connectivity index is 1.29. The molecule has 8 nitrogen and oxygen atoms in total. The molecule has 5 rings (SSSR count). The molecular formula is C25H24BrF3N6O2. The predicted molar refractivity (Wildman–Crippen MR) is 136 cm³/mol. The number of anilines is 1. The Morgan fingerprint density at radius 1 is 1.00 bits per heavy atom. The first-order valence-corrected chi connectivity index (χ1v) is 12.5. The first-order valence-electron chi connectivity index (χ1n) is 11.7. The first-order chi connectivity index (χ1) is 17.8. The molecule has 4 heterocycles. The highest BCUT2D eigenvalue weighted by Crippen LogP contribution is 2.35. The molecule has 12 heteroatoms. The minimum absolute atomic E-state index is 0.0465. The number of rotatable bonds is 7. The number of hydrogen-bond donors (Lipinski definition) is 2. The van der Waals surface area contributed by atoms with Gasteiger partial charge in [0.1, 0.15) is 29.4 Å². The zero-order valence-corrected chi connectivity index (χ0v) is 21.3. The Hall–Kier alpha value is -3.22. The third kappa shape index (κ3) is 5.71. The van der Waals surface area contributed by atoms with E-state index >= 15 is 0 Å². The van der Waals surface area contributed by atoms with Crippen LogP contribution in [-0.2, 0) is 12.7 Å². The Labute approximate surface area is 219 Å². The van der Waals surface area contributed by atoms with E-state index in [9.17, 15) is 13.2 Å². The van der Waals surface area contributed by atoms with Crippen molar-refractivity contribution in [1.29, 1.82) is 0 Å². The summed E-state index contributed by atoms with van der Waals surface area (Å²) in [5.41, 5.74) is 3.16. The Morgan fingerprint density at radius 2 is 1.76 bits per heavy atom. The minimum atomic E-state index is -4.43. The molecular weight excluding hydrogens is 553 g/mol. The number of nitrogens with one attached hydrogen (secondary N) is 1. The van der Waals surface area contributed by atoms with Crippen molar-refractivity contribution in [2.75, 3.05) is 44.3 Å². The van der Waals surface area contributed by atoms with E-state index < -0.39 is 11.9 Å². The maximum atomic E-state index is 12.8. The molecule has 0 bridgehead atoms. The largest absolute Gasteiger partial charge is 0.491 e. The average molecular weight is 577 g/mol. The van der Waals surface area contributed by atoms with E-state index in [-0.39, 0.29) is 13.2 Å². The monoisotopic (exact) mass is 576 g/mol. The number of nitrogens with zero attached hydrogens (tertiary/aromatic N) is 5. The van der Waals surface area contributed by atoms with Crippen molar-refractivity contribution in [3.63, 3.8) is 0 Å². The average Bonchev–Trinajstić information content (AvgIpc) is 3.32. The van der Waals surface area contributed by atoms with Crippen molar-refractivity contribution in [2.45, 2.75) is 12.7 Å². The van der Waals surface area contributed by atoms with Gasteiger partial charge in [-0.25, -0.2) is 9.97 Å². The molecule has 0 amide bonds. The maximum Gasteiger partial charge on any atom is 0.433 e. The zero-order valence-electron chi connectivity index (χ0n) is 19.7. The van der Waals surface area contributed by atoms with Crippen LogP contribution in [0.1, 0.15) is 11.3 Å². The number of aromatic nitrogens is 4. The van der Waals surface area contributed by atoms with Crippen molar-refractivity contribution in [1.82, 2.24) is 24.8 Å². The van der Waals surface area contributed by atoms with Gasteiger partial charge in [-0.3, -0.25) is 9.88 Å². The number of piperazine rings is 1. The molecule has 1 fully saturated rings. The van der Waals surface area contributed by atoms with Crippen LogP contribution in [0.15, 0.2) is 53.3 Å². The van der Waals surface area contributed by atoms with Crippen LogP contribution in [0.3, 0.4) is 0 Å². The van der Waals surface area contributed by atoms with Crippen LogP contribution in [0.4, 0.5) is 18.9 Å². The second-order valence-corrected chi connectivity index (χ2v) is 9.50. The zero-order chi connectivity index (χ0) is 26.0. The molecule has 4 aromatic rings. The van der Waals surface area contributed by atoms with Crippen molar-refractivity contribution in [3.05, 3.63) is 64.5 Å². The molecule has 2 N–H and O–H groups in total. The van der Waals surface area contributed by atoms with E-state index in [1.165, 1.54) is 12.3 Å². The lowest BCUT2D eigenvalue weighted by Crippen LogP contribution is -2.46. The minimum Gasteiger partial charge on any atom is -0.491 e. The van der Waals surface area contributed by atoms with Gasteiger partial charge in [-0.2, -0.15) is 13.2 Å². The van der Waals surface area contributed by atoms with Crippen LogP contribution in [0.25, 0.3) is 22.6 Å². The summed E-state index contributed by atoms with van der Waals surface area (Å²) in [5.74, 6) is 1.35. The van der Waals surface area contributed by atoms with E-state index in [0.717, 1.165) is 59.0 Å². The lowest BCUT2D eigenvalue weighted by atomic mass is 10.2. The molecule has 194 valence electrons. The van der Waals surface area contributed by atoms with Crippen LogP contribution in [0.2, 0.25) is 0 Å². The molecule has 0 atom stereocenters. The van der Waals surface area contributed by atoms with Crippen LogP contribution in [0, 0.1) is 0 Å². The number of ether oxygens (including phenoxy) is 1. The fourth-order valence-corrected chi connectivity index (χ4v) is 4.86. The normalized spacial score (nSPS) is 14.9. The number of hydrogen-bond acceptors (Lipinski definition) is 7.